The van der Waals surface area contributed by atoms with Gasteiger partial charge < -0.3 is 20.1 Å². The van der Waals surface area contributed by atoms with Crippen molar-refractivity contribution in [3.8, 4) is 11.4 Å². The lowest BCUT2D eigenvalue weighted by molar-refractivity contribution is 0.0760. The molecule has 2 aromatic rings. The summed E-state index contributed by atoms with van der Waals surface area (Å²) in [6.07, 6.45) is 4.11. The van der Waals surface area contributed by atoms with Crippen molar-refractivity contribution < 1.29 is 9.47 Å². The van der Waals surface area contributed by atoms with E-state index in [0.717, 1.165) is 80.9 Å². The molecule has 0 atom stereocenters. The Kier molecular flexibility index (Phi) is 10.6. The molecule has 0 radical (unpaired) electrons. The maximum atomic E-state index is 5.86. The third kappa shape index (κ3) is 6.34. The molecule has 2 fully saturated rings. The first-order valence-electron chi connectivity index (χ1n) is 11.4. The van der Waals surface area contributed by atoms with Gasteiger partial charge in [0.25, 0.3) is 0 Å². The molecule has 3 heterocycles. The lowest BCUT2D eigenvalue weighted by Crippen LogP contribution is -2.37. The molecule has 6 nitrogen and oxygen atoms in total. The Labute approximate surface area is 191 Å². The summed E-state index contributed by atoms with van der Waals surface area (Å²) in [5.74, 6) is 1.74. The summed E-state index contributed by atoms with van der Waals surface area (Å²) in [7, 11) is 0. The van der Waals surface area contributed by atoms with Crippen molar-refractivity contribution in [3.63, 3.8) is 0 Å². The molecule has 1 aromatic carbocycles. The second-order valence-electron chi connectivity index (χ2n) is 6.97. The van der Waals surface area contributed by atoms with Gasteiger partial charge in [-0.15, -0.1) is 0 Å². The molecule has 7 heteroatoms. The van der Waals surface area contributed by atoms with Gasteiger partial charge in [0.2, 0.25) is 0 Å². The van der Waals surface area contributed by atoms with Gasteiger partial charge in [-0.25, -0.2) is 9.97 Å². The summed E-state index contributed by atoms with van der Waals surface area (Å²) in [6, 6.07) is 9.96. The number of hydrogen-bond donors (Lipinski definition) is 1. The molecule has 31 heavy (non-hydrogen) atoms. The summed E-state index contributed by atoms with van der Waals surface area (Å²) in [5.41, 5.74) is 8.69. The van der Waals surface area contributed by atoms with E-state index in [1.54, 1.807) is 0 Å². The highest BCUT2D eigenvalue weighted by Gasteiger charge is 2.36. The lowest BCUT2D eigenvalue weighted by atomic mass is 9.94. The number of ether oxygens (including phenoxy) is 2. The molecule has 172 valence electrons. The van der Waals surface area contributed by atoms with E-state index in [1.807, 2.05) is 63.7 Å². The van der Waals surface area contributed by atoms with Crippen LogP contribution in [0.15, 0.2) is 30.3 Å². The van der Waals surface area contributed by atoms with Gasteiger partial charge in [0, 0.05) is 43.6 Å². The van der Waals surface area contributed by atoms with Crippen LogP contribution in [-0.4, -0.2) is 55.7 Å². The molecule has 0 spiro atoms. The van der Waals surface area contributed by atoms with Gasteiger partial charge in [-0.2, -0.15) is 11.8 Å². The van der Waals surface area contributed by atoms with Crippen LogP contribution in [0.4, 0.5) is 11.5 Å². The fraction of sp³-hybridized carbons (Fsp3) is 0.583. The summed E-state index contributed by atoms with van der Waals surface area (Å²) in [4.78, 5) is 12.2. The van der Waals surface area contributed by atoms with Gasteiger partial charge in [0.1, 0.15) is 5.82 Å². The second kappa shape index (κ2) is 12.9. The highest BCUT2D eigenvalue weighted by atomic mass is 32.2. The Bertz CT molecular complexity index is 774. The third-order valence-corrected chi connectivity index (χ3v) is 6.77. The Morgan fingerprint density at radius 2 is 1.48 bits per heavy atom. The minimum atomic E-state index is -0.0230. The molecule has 0 aliphatic carbocycles. The van der Waals surface area contributed by atoms with Gasteiger partial charge in [0.05, 0.1) is 23.7 Å². The number of benzene rings is 1. The monoisotopic (exact) mass is 446 g/mol. The van der Waals surface area contributed by atoms with Crippen LogP contribution in [0.2, 0.25) is 0 Å². The molecule has 2 N–H and O–H groups in total. The fourth-order valence-corrected chi connectivity index (χ4v) is 4.54. The van der Waals surface area contributed by atoms with Crippen molar-refractivity contribution in [2.24, 2.45) is 0 Å². The summed E-state index contributed by atoms with van der Waals surface area (Å²) in [6.45, 7) is 12.7. The Balaban J connectivity index is 0.000000807. The van der Waals surface area contributed by atoms with Crippen molar-refractivity contribution in [3.05, 3.63) is 36.0 Å². The summed E-state index contributed by atoms with van der Waals surface area (Å²) < 4.78 is 11.1. The van der Waals surface area contributed by atoms with E-state index >= 15 is 0 Å². The van der Waals surface area contributed by atoms with Gasteiger partial charge in [-0.05, 0) is 43.4 Å². The number of nitrogens with zero attached hydrogens (tertiary/aromatic N) is 3. The van der Waals surface area contributed by atoms with Crippen molar-refractivity contribution in [1.82, 2.24) is 9.97 Å². The third-order valence-electron chi connectivity index (χ3n) is 5.37. The maximum absolute atomic E-state index is 5.86. The average molecular weight is 447 g/mol. The SMILES string of the molecule is CC.CC.CSC1(c2cc(N3CCOCC3)nc(-c3ccc(N)cc3)n2)CCOCC1. The Morgan fingerprint density at radius 3 is 2.06 bits per heavy atom. The molecule has 1 aromatic heterocycles. The maximum Gasteiger partial charge on any atom is 0.161 e. The number of hydrogen-bond acceptors (Lipinski definition) is 7. The normalized spacial score (nSPS) is 17.6. The number of anilines is 2. The van der Waals surface area contributed by atoms with Crippen molar-refractivity contribution in [2.75, 3.05) is 56.4 Å². The topological polar surface area (TPSA) is 73.5 Å². The van der Waals surface area contributed by atoms with Gasteiger partial charge in [-0.1, -0.05) is 27.7 Å². The van der Waals surface area contributed by atoms with Crippen LogP contribution < -0.4 is 10.6 Å². The first-order chi connectivity index (χ1) is 15.2. The minimum Gasteiger partial charge on any atom is -0.399 e. The van der Waals surface area contributed by atoms with Crippen LogP contribution in [0.5, 0.6) is 0 Å². The van der Waals surface area contributed by atoms with Gasteiger partial charge in [0.15, 0.2) is 5.82 Å². The van der Waals surface area contributed by atoms with Crippen molar-refractivity contribution in [2.45, 2.75) is 45.3 Å². The van der Waals surface area contributed by atoms with Gasteiger partial charge >= 0.3 is 0 Å². The Hall–Kier alpha value is -1.83. The first kappa shape index (κ1) is 25.4. The van der Waals surface area contributed by atoms with E-state index in [4.69, 9.17) is 25.2 Å². The first-order valence-corrected chi connectivity index (χ1v) is 12.6. The summed E-state index contributed by atoms with van der Waals surface area (Å²) in [5, 5.41) is 0. The lowest BCUT2D eigenvalue weighted by Gasteiger charge is -2.36. The molecular formula is C24H38N4O2S. The molecule has 2 aliphatic heterocycles. The fourth-order valence-electron chi connectivity index (χ4n) is 3.65. The molecule has 0 amide bonds. The van der Waals surface area contributed by atoms with Crippen molar-refractivity contribution >= 4 is 23.3 Å². The second-order valence-corrected chi connectivity index (χ2v) is 8.16. The average Bonchev–Trinajstić information content (AvgIpc) is 2.87. The zero-order valence-electron chi connectivity index (χ0n) is 19.7. The predicted octanol–water partition coefficient (Wildman–Crippen LogP) is 4.98. The van der Waals surface area contributed by atoms with E-state index in [-0.39, 0.29) is 4.75 Å². The zero-order valence-corrected chi connectivity index (χ0v) is 20.5. The zero-order chi connectivity index (χ0) is 22.7. The van der Waals surface area contributed by atoms with Crippen LogP contribution in [-0.2, 0) is 14.2 Å². The van der Waals surface area contributed by atoms with E-state index in [1.165, 1.54) is 0 Å². The van der Waals surface area contributed by atoms with Crippen molar-refractivity contribution in [1.29, 1.82) is 0 Å². The highest BCUT2D eigenvalue weighted by molar-refractivity contribution is 7.99. The molecule has 2 saturated heterocycles. The van der Waals surface area contributed by atoms with Crippen LogP contribution in [0, 0.1) is 0 Å². The molecule has 0 unspecified atom stereocenters. The number of thioether (sulfide) groups is 1. The predicted molar refractivity (Wildman–Crippen MR) is 133 cm³/mol. The van der Waals surface area contributed by atoms with Crippen LogP contribution in [0.25, 0.3) is 11.4 Å². The van der Waals surface area contributed by atoms with Crippen LogP contribution in [0.3, 0.4) is 0 Å². The standard InChI is InChI=1S/C20H26N4O2S.2C2H6/c1-27-20(6-10-25-11-7-20)17-14-18(24-8-12-26-13-9-24)23-19(22-17)15-2-4-16(21)5-3-15;2*1-2/h2-5,14H,6-13,21H2,1H3;2*1-2H3. The molecule has 0 bridgehead atoms. The van der Waals surface area contributed by atoms with E-state index in [9.17, 15) is 0 Å². The number of morpholine rings is 1. The number of rotatable bonds is 4. The Morgan fingerprint density at radius 1 is 0.903 bits per heavy atom. The summed E-state index contributed by atoms with van der Waals surface area (Å²) >= 11 is 1.87. The minimum absolute atomic E-state index is 0.0230. The van der Waals surface area contributed by atoms with Crippen LogP contribution in [0.1, 0.15) is 46.2 Å². The number of nitrogen functional groups attached to an aromatic ring is 1. The van der Waals surface area contributed by atoms with Gasteiger partial charge in [-0.3, -0.25) is 0 Å². The molecule has 0 saturated carbocycles. The quantitative estimate of drug-likeness (QED) is 0.664. The van der Waals surface area contributed by atoms with E-state index < -0.39 is 0 Å². The highest BCUT2D eigenvalue weighted by Crippen LogP contribution is 2.43. The molecule has 4 rings (SSSR count). The molecular weight excluding hydrogens is 408 g/mol. The number of nitrogens with two attached hydrogens (primary N) is 1. The smallest absolute Gasteiger partial charge is 0.161 e. The number of aromatic nitrogens is 2. The molecule has 2 aliphatic rings. The largest absolute Gasteiger partial charge is 0.399 e. The van der Waals surface area contributed by atoms with E-state index in [2.05, 4.69) is 17.2 Å². The van der Waals surface area contributed by atoms with Crippen LogP contribution >= 0.6 is 11.8 Å². The van der Waals surface area contributed by atoms with E-state index in [0.29, 0.717) is 0 Å².